The van der Waals surface area contributed by atoms with E-state index < -0.39 is 0 Å². The summed E-state index contributed by atoms with van der Waals surface area (Å²) in [7, 11) is 1.67. The molecule has 1 aromatic carbocycles. The molecule has 4 nitrogen and oxygen atoms in total. The maximum absolute atomic E-state index is 5.47. The highest BCUT2D eigenvalue weighted by atomic mass is 32.1. The van der Waals surface area contributed by atoms with Crippen LogP contribution in [0.1, 0.15) is 37.6 Å². The van der Waals surface area contributed by atoms with Gasteiger partial charge in [-0.15, -0.1) is 0 Å². The van der Waals surface area contributed by atoms with Gasteiger partial charge in [-0.2, -0.15) is 0 Å². The van der Waals surface area contributed by atoms with Crippen LogP contribution in [0, 0.1) is 12.8 Å². The van der Waals surface area contributed by atoms with E-state index in [2.05, 4.69) is 41.6 Å². The highest BCUT2D eigenvalue weighted by Crippen LogP contribution is 2.23. The van der Waals surface area contributed by atoms with Gasteiger partial charge in [0.05, 0.1) is 13.2 Å². The molecule has 1 aromatic heterocycles. The smallest absolute Gasteiger partial charge is 0.172 e. The van der Waals surface area contributed by atoms with Crippen LogP contribution in [0.5, 0.6) is 5.75 Å². The Morgan fingerprint density at radius 1 is 1.17 bits per heavy atom. The van der Waals surface area contributed by atoms with Crippen LogP contribution in [0.25, 0.3) is 0 Å². The molecule has 128 valence electrons. The van der Waals surface area contributed by atoms with Gasteiger partial charge in [0, 0.05) is 5.69 Å². The van der Waals surface area contributed by atoms with Crippen LogP contribution < -0.4 is 15.4 Å². The highest BCUT2D eigenvalue weighted by Gasteiger charge is 2.15. The molecule has 0 amide bonds. The summed E-state index contributed by atoms with van der Waals surface area (Å²) in [5, 5.41) is 7.15. The largest absolute Gasteiger partial charge is 0.497 e. The van der Waals surface area contributed by atoms with E-state index in [1.54, 1.807) is 7.11 Å². The molecule has 1 atom stereocenters. The Morgan fingerprint density at radius 2 is 1.88 bits per heavy atom. The van der Waals surface area contributed by atoms with E-state index in [1.165, 1.54) is 5.56 Å². The first kappa shape index (κ1) is 18.2. The van der Waals surface area contributed by atoms with Gasteiger partial charge >= 0.3 is 0 Å². The zero-order chi connectivity index (χ0) is 17.5. The number of thiocarbonyl (C=S) groups is 1. The summed E-state index contributed by atoms with van der Waals surface area (Å²) in [6.07, 6.45) is 0.982. The molecule has 0 saturated heterocycles. The first-order valence-electron chi connectivity index (χ1n) is 8.13. The summed E-state index contributed by atoms with van der Waals surface area (Å²) in [6.45, 7) is 6.37. The van der Waals surface area contributed by atoms with Crippen molar-refractivity contribution in [1.29, 1.82) is 0 Å². The average molecular weight is 343 g/mol. The van der Waals surface area contributed by atoms with Crippen molar-refractivity contribution < 1.29 is 4.74 Å². The number of pyridine rings is 1. The maximum Gasteiger partial charge on any atom is 0.172 e. The Balaban J connectivity index is 2.08. The topological polar surface area (TPSA) is 46.2 Å². The van der Waals surface area contributed by atoms with E-state index in [1.807, 2.05) is 37.3 Å². The van der Waals surface area contributed by atoms with Crippen LogP contribution in [-0.2, 0) is 0 Å². The number of aryl methyl sites for hydroxylation is 1. The maximum atomic E-state index is 5.47. The number of hydrogen-bond acceptors (Lipinski definition) is 3. The summed E-state index contributed by atoms with van der Waals surface area (Å²) >= 11 is 5.47. The zero-order valence-corrected chi connectivity index (χ0v) is 15.5. The lowest BCUT2D eigenvalue weighted by Crippen LogP contribution is -2.33. The zero-order valence-electron chi connectivity index (χ0n) is 14.7. The van der Waals surface area contributed by atoms with Gasteiger partial charge in [0.1, 0.15) is 11.6 Å². The third-order valence-corrected chi connectivity index (χ3v) is 3.88. The number of rotatable bonds is 6. The summed E-state index contributed by atoms with van der Waals surface area (Å²) in [4.78, 5) is 4.42. The summed E-state index contributed by atoms with van der Waals surface area (Å²) in [5.74, 6) is 2.15. The Hall–Kier alpha value is -2.14. The van der Waals surface area contributed by atoms with Gasteiger partial charge in [-0.1, -0.05) is 32.0 Å². The van der Waals surface area contributed by atoms with Crippen LogP contribution in [-0.4, -0.2) is 17.2 Å². The average Bonchev–Trinajstić information content (AvgIpc) is 2.54. The Kier molecular flexibility index (Phi) is 6.55. The lowest BCUT2D eigenvalue weighted by Gasteiger charge is -2.23. The van der Waals surface area contributed by atoms with Crippen molar-refractivity contribution in [2.75, 3.05) is 12.4 Å². The van der Waals surface area contributed by atoms with Gasteiger partial charge in [0.15, 0.2) is 5.11 Å². The van der Waals surface area contributed by atoms with Crippen LogP contribution >= 0.6 is 12.2 Å². The number of methoxy groups -OCH3 is 1. The fraction of sp³-hybridized carbons (Fsp3) is 0.368. The molecule has 1 heterocycles. The van der Waals surface area contributed by atoms with E-state index in [0.717, 1.165) is 23.7 Å². The van der Waals surface area contributed by atoms with Crippen molar-refractivity contribution in [1.82, 2.24) is 10.3 Å². The molecule has 0 spiro atoms. The second-order valence-corrected chi connectivity index (χ2v) is 6.63. The molecule has 0 bridgehead atoms. The Labute approximate surface area is 149 Å². The molecule has 0 aliphatic carbocycles. The lowest BCUT2D eigenvalue weighted by molar-refractivity contribution is 0.414. The van der Waals surface area contributed by atoms with Crippen LogP contribution in [0.15, 0.2) is 42.5 Å². The molecule has 0 saturated carbocycles. The fourth-order valence-corrected chi connectivity index (χ4v) is 2.76. The molecular formula is C19H25N3OS. The van der Waals surface area contributed by atoms with Gasteiger partial charge in [-0.25, -0.2) is 4.98 Å². The summed E-state index contributed by atoms with van der Waals surface area (Å²) in [6, 6.07) is 14.1. The SMILES string of the molecule is COc1ccc([C@H](CC(C)C)NC(=S)Nc2cccc(C)n2)cc1. The van der Waals surface area contributed by atoms with Gasteiger partial charge in [0.25, 0.3) is 0 Å². The summed E-state index contributed by atoms with van der Waals surface area (Å²) < 4.78 is 5.23. The second kappa shape index (κ2) is 8.64. The van der Waals surface area contributed by atoms with E-state index in [0.29, 0.717) is 11.0 Å². The first-order valence-corrected chi connectivity index (χ1v) is 8.54. The van der Waals surface area contributed by atoms with E-state index in [9.17, 15) is 0 Å². The molecule has 0 aliphatic heterocycles. The molecular weight excluding hydrogens is 318 g/mol. The molecule has 2 rings (SSSR count). The Morgan fingerprint density at radius 3 is 2.46 bits per heavy atom. The number of benzene rings is 1. The minimum Gasteiger partial charge on any atom is -0.497 e. The molecule has 2 N–H and O–H groups in total. The van der Waals surface area contributed by atoms with Crippen LogP contribution in [0.2, 0.25) is 0 Å². The van der Waals surface area contributed by atoms with E-state index in [4.69, 9.17) is 17.0 Å². The minimum atomic E-state index is 0.140. The van der Waals surface area contributed by atoms with Crippen LogP contribution in [0.4, 0.5) is 5.82 Å². The van der Waals surface area contributed by atoms with Gasteiger partial charge in [-0.3, -0.25) is 0 Å². The lowest BCUT2D eigenvalue weighted by atomic mass is 9.97. The molecule has 5 heteroatoms. The molecule has 0 unspecified atom stereocenters. The quantitative estimate of drug-likeness (QED) is 0.758. The van der Waals surface area contributed by atoms with Crippen molar-refractivity contribution in [3.8, 4) is 5.75 Å². The predicted octanol–water partition coefficient (Wildman–Crippen LogP) is 4.47. The summed E-state index contributed by atoms with van der Waals surface area (Å²) in [5.41, 5.74) is 2.14. The van der Waals surface area contributed by atoms with Crippen molar-refractivity contribution >= 4 is 23.1 Å². The highest BCUT2D eigenvalue weighted by molar-refractivity contribution is 7.80. The molecule has 0 aliphatic rings. The van der Waals surface area contributed by atoms with Crippen molar-refractivity contribution in [2.24, 2.45) is 5.92 Å². The monoisotopic (exact) mass is 343 g/mol. The van der Waals surface area contributed by atoms with Crippen LogP contribution in [0.3, 0.4) is 0 Å². The number of nitrogens with one attached hydrogen (secondary N) is 2. The molecule has 2 aromatic rings. The normalized spacial score (nSPS) is 11.9. The van der Waals surface area contributed by atoms with Gasteiger partial charge in [0.2, 0.25) is 0 Å². The number of nitrogens with zero attached hydrogens (tertiary/aromatic N) is 1. The van der Waals surface area contributed by atoms with E-state index in [-0.39, 0.29) is 6.04 Å². The molecule has 0 radical (unpaired) electrons. The number of hydrogen-bond donors (Lipinski definition) is 2. The fourth-order valence-electron chi connectivity index (χ4n) is 2.51. The number of aromatic nitrogens is 1. The number of ether oxygens (including phenoxy) is 1. The molecule has 24 heavy (non-hydrogen) atoms. The number of anilines is 1. The standard InChI is InChI=1S/C19H25N3OS/c1-13(2)12-17(15-8-10-16(23-4)11-9-15)21-19(24)22-18-7-5-6-14(3)20-18/h5-11,13,17H,12H2,1-4H3,(H2,20,21,22,24)/t17-/m0/s1. The minimum absolute atomic E-state index is 0.140. The van der Waals surface area contributed by atoms with E-state index >= 15 is 0 Å². The third kappa shape index (κ3) is 5.49. The Bertz CT molecular complexity index is 671. The second-order valence-electron chi connectivity index (χ2n) is 6.22. The van der Waals surface area contributed by atoms with Gasteiger partial charge < -0.3 is 15.4 Å². The van der Waals surface area contributed by atoms with Crippen molar-refractivity contribution in [3.05, 3.63) is 53.7 Å². The first-order chi connectivity index (χ1) is 11.5. The predicted molar refractivity (Wildman–Crippen MR) is 104 cm³/mol. The third-order valence-electron chi connectivity index (χ3n) is 3.66. The van der Waals surface area contributed by atoms with Crippen molar-refractivity contribution in [2.45, 2.75) is 33.2 Å². The van der Waals surface area contributed by atoms with Crippen molar-refractivity contribution in [3.63, 3.8) is 0 Å². The van der Waals surface area contributed by atoms with Gasteiger partial charge in [-0.05, 0) is 61.3 Å². The molecule has 0 fully saturated rings.